The fraction of sp³-hybridized carbons (Fsp3) is 0.500. The first-order chi connectivity index (χ1) is 12.2. The van der Waals surface area contributed by atoms with Crippen LogP contribution in [0.15, 0.2) is 18.2 Å². The van der Waals surface area contributed by atoms with E-state index in [-0.39, 0.29) is 12.5 Å². The third-order valence-electron chi connectivity index (χ3n) is 4.79. The summed E-state index contributed by atoms with van der Waals surface area (Å²) < 4.78 is 5.26. The van der Waals surface area contributed by atoms with Gasteiger partial charge in [-0.05, 0) is 38.8 Å². The van der Waals surface area contributed by atoms with Gasteiger partial charge in [0.1, 0.15) is 11.6 Å². The van der Waals surface area contributed by atoms with Crippen LogP contribution < -0.4 is 4.90 Å². The number of aryl methyl sites for hydroxylation is 1. The lowest BCUT2D eigenvalue weighted by atomic mass is 9.75. The molecule has 0 bridgehead atoms. The summed E-state index contributed by atoms with van der Waals surface area (Å²) in [6.45, 7) is 6.45. The number of rotatable bonds is 7. The maximum atomic E-state index is 12.9. The highest BCUT2D eigenvalue weighted by Gasteiger charge is 2.50. The van der Waals surface area contributed by atoms with Crippen LogP contribution in [-0.2, 0) is 23.9 Å². The predicted octanol–water partition coefficient (Wildman–Crippen LogP) is 2.42. The lowest BCUT2D eigenvalue weighted by molar-refractivity contribution is -0.157. The summed E-state index contributed by atoms with van der Waals surface area (Å²) in [5.74, 6) is -5.13. The zero-order valence-electron chi connectivity index (χ0n) is 15.9. The van der Waals surface area contributed by atoms with Gasteiger partial charge in [0.2, 0.25) is 5.91 Å². The Bertz CT molecular complexity index is 741. The number of likely N-dealkylation sites (N-methyl/N-ethyl adjacent to an activating group) is 1. The third-order valence-corrected chi connectivity index (χ3v) is 4.79. The van der Waals surface area contributed by atoms with E-state index in [0.717, 1.165) is 5.56 Å². The van der Waals surface area contributed by atoms with Crippen molar-refractivity contribution >= 4 is 29.1 Å². The van der Waals surface area contributed by atoms with E-state index in [0.29, 0.717) is 17.7 Å². The monoisotopic (exact) mass is 359 g/mol. The SMILES string of the molecule is CCCOC(=O)C(C(C(C)=O)C(C)=O)C1C(=O)N(C)c2ccc(C)cc21. The Morgan fingerprint density at radius 2 is 1.81 bits per heavy atom. The van der Waals surface area contributed by atoms with E-state index in [1.165, 1.54) is 18.7 Å². The zero-order chi connectivity index (χ0) is 19.6. The summed E-state index contributed by atoms with van der Waals surface area (Å²) in [5, 5.41) is 0. The van der Waals surface area contributed by atoms with E-state index >= 15 is 0 Å². The Morgan fingerprint density at radius 1 is 1.19 bits per heavy atom. The first-order valence-electron chi connectivity index (χ1n) is 8.76. The van der Waals surface area contributed by atoms with Crippen LogP contribution in [-0.4, -0.2) is 37.1 Å². The molecule has 6 nitrogen and oxygen atoms in total. The van der Waals surface area contributed by atoms with Crippen LogP contribution in [0.4, 0.5) is 5.69 Å². The fourth-order valence-corrected chi connectivity index (χ4v) is 3.59. The van der Waals surface area contributed by atoms with E-state index in [4.69, 9.17) is 4.74 Å². The summed E-state index contributed by atoms with van der Waals surface area (Å²) in [6, 6.07) is 5.52. The molecule has 0 aromatic heterocycles. The number of benzene rings is 1. The first-order valence-corrected chi connectivity index (χ1v) is 8.76. The second-order valence-corrected chi connectivity index (χ2v) is 6.83. The lowest BCUT2D eigenvalue weighted by Crippen LogP contribution is -2.42. The molecule has 0 fully saturated rings. The van der Waals surface area contributed by atoms with Gasteiger partial charge in [-0.25, -0.2) is 0 Å². The van der Waals surface area contributed by atoms with Gasteiger partial charge in [0.05, 0.1) is 24.4 Å². The Morgan fingerprint density at radius 3 is 2.35 bits per heavy atom. The standard InChI is InChI=1S/C20H25NO5/c1-6-9-26-20(25)18(16(12(3)22)13(4)23)17-14-10-11(2)7-8-15(14)21(5)19(17)24/h7-8,10,16-18H,6,9H2,1-5H3. The number of ketones is 2. The molecular weight excluding hydrogens is 334 g/mol. The molecule has 0 radical (unpaired) electrons. The Kier molecular flexibility index (Phi) is 5.95. The number of hydrogen-bond acceptors (Lipinski definition) is 5. The van der Waals surface area contributed by atoms with Crippen molar-refractivity contribution in [3.05, 3.63) is 29.3 Å². The third kappa shape index (κ3) is 3.54. The van der Waals surface area contributed by atoms with Crippen molar-refractivity contribution in [3.8, 4) is 0 Å². The first kappa shape index (κ1) is 19.8. The number of fused-ring (bicyclic) bond motifs is 1. The number of carbonyl (C=O) groups excluding carboxylic acids is 4. The molecule has 2 unspecified atom stereocenters. The van der Waals surface area contributed by atoms with Crippen molar-refractivity contribution in [2.45, 2.75) is 40.0 Å². The molecule has 2 rings (SSSR count). The van der Waals surface area contributed by atoms with Crippen molar-refractivity contribution < 1.29 is 23.9 Å². The molecule has 140 valence electrons. The molecule has 0 aliphatic carbocycles. The molecule has 0 saturated carbocycles. The van der Waals surface area contributed by atoms with Gasteiger partial charge in [-0.2, -0.15) is 0 Å². The molecule has 1 aliphatic rings. The van der Waals surface area contributed by atoms with E-state index < -0.39 is 35.3 Å². The Labute approximate surface area is 153 Å². The molecule has 1 amide bonds. The molecule has 0 spiro atoms. The number of ether oxygens (including phenoxy) is 1. The molecule has 1 aliphatic heterocycles. The minimum Gasteiger partial charge on any atom is -0.465 e. The van der Waals surface area contributed by atoms with Gasteiger partial charge in [0.25, 0.3) is 0 Å². The number of Topliss-reactive ketones (excluding diaryl/α,β-unsaturated/α-hetero) is 2. The van der Waals surface area contributed by atoms with E-state index in [1.54, 1.807) is 7.05 Å². The molecule has 0 saturated heterocycles. The van der Waals surface area contributed by atoms with Gasteiger partial charge in [-0.1, -0.05) is 24.6 Å². The van der Waals surface area contributed by atoms with Crippen molar-refractivity contribution in [2.75, 3.05) is 18.6 Å². The van der Waals surface area contributed by atoms with Crippen LogP contribution in [0.25, 0.3) is 0 Å². The average molecular weight is 359 g/mol. The largest absolute Gasteiger partial charge is 0.465 e. The Hall–Kier alpha value is -2.50. The van der Waals surface area contributed by atoms with Gasteiger partial charge in [0.15, 0.2) is 0 Å². The molecule has 1 aromatic rings. The molecule has 1 heterocycles. The smallest absolute Gasteiger partial charge is 0.311 e. The van der Waals surface area contributed by atoms with Crippen LogP contribution in [0.5, 0.6) is 0 Å². The molecule has 0 N–H and O–H groups in total. The normalized spacial score (nSPS) is 17.2. The van der Waals surface area contributed by atoms with Crippen LogP contribution >= 0.6 is 0 Å². The van der Waals surface area contributed by atoms with Crippen molar-refractivity contribution in [3.63, 3.8) is 0 Å². The van der Waals surface area contributed by atoms with Crippen LogP contribution in [0, 0.1) is 18.8 Å². The summed E-state index contributed by atoms with van der Waals surface area (Å²) in [4.78, 5) is 51.5. The highest BCUT2D eigenvalue weighted by molar-refractivity contribution is 6.10. The molecule has 6 heteroatoms. The van der Waals surface area contributed by atoms with Gasteiger partial charge in [-0.3, -0.25) is 19.2 Å². The number of hydrogen-bond donors (Lipinski definition) is 0. The molecule has 26 heavy (non-hydrogen) atoms. The topological polar surface area (TPSA) is 80.8 Å². The minimum absolute atomic E-state index is 0.176. The number of amides is 1. The van der Waals surface area contributed by atoms with Crippen molar-refractivity contribution in [1.82, 2.24) is 0 Å². The molecular formula is C20H25NO5. The number of anilines is 1. The summed E-state index contributed by atoms with van der Waals surface area (Å²) in [6.07, 6.45) is 0.609. The molecule has 1 aromatic carbocycles. The van der Waals surface area contributed by atoms with Crippen LogP contribution in [0.3, 0.4) is 0 Å². The Balaban J connectivity index is 2.60. The lowest BCUT2D eigenvalue weighted by Gasteiger charge is -2.26. The number of esters is 1. The van der Waals surface area contributed by atoms with Gasteiger partial charge in [0, 0.05) is 12.7 Å². The maximum Gasteiger partial charge on any atom is 0.311 e. The van der Waals surface area contributed by atoms with Crippen LogP contribution in [0.1, 0.15) is 44.2 Å². The maximum absolute atomic E-state index is 12.9. The molecule has 2 atom stereocenters. The highest BCUT2D eigenvalue weighted by atomic mass is 16.5. The minimum atomic E-state index is -1.20. The van der Waals surface area contributed by atoms with E-state index in [2.05, 4.69) is 0 Å². The van der Waals surface area contributed by atoms with Gasteiger partial charge >= 0.3 is 5.97 Å². The van der Waals surface area contributed by atoms with Gasteiger partial charge in [-0.15, -0.1) is 0 Å². The van der Waals surface area contributed by atoms with E-state index in [9.17, 15) is 19.2 Å². The number of nitrogens with zero attached hydrogens (tertiary/aromatic N) is 1. The number of carbonyl (C=O) groups is 4. The van der Waals surface area contributed by atoms with Crippen molar-refractivity contribution in [2.24, 2.45) is 11.8 Å². The van der Waals surface area contributed by atoms with Gasteiger partial charge < -0.3 is 9.64 Å². The second kappa shape index (κ2) is 7.81. The second-order valence-electron chi connectivity index (χ2n) is 6.83. The average Bonchev–Trinajstić information content (AvgIpc) is 2.80. The fourth-order valence-electron chi connectivity index (χ4n) is 3.59. The summed E-state index contributed by atoms with van der Waals surface area (Å²) >= 11 is 0. The highest BCUT2D eigenvalue weighted by Crippen LogP contribution is 2.44. The summed E-state index contributed by atoms with van der Waals surface area (Å²) in [5.41, 5.74) is 2.27. The quantitative estimate of drug-likeness (QED) is 0.552. The summed E-state index contributed by atoms with van der Waals surface area (Å²) in [7, 11) is 1.63. The zero-order valence-corrected chi connectivity index (χ0v) is 15.9. The van der Waals surface area contributed by atoms with E-state index in [1.807, 2.05) is 32.0 Å². The van der Waals surface area contributed by atoms with Crippen LogP contribution in [0.2, 0.25) is 0 Å². The predicted molar refractivity (Wildman–Crippen MR) is 96.9 cm³/mol. The van der Waals surface area contributed by atoms with Crippen molar-refractivity contribution in [1.29, 1.82) is 0 Å².